The maximum Gasteiger partial charge on any atom is 0.334 e. The van der Waals surface area contributed by atoms with E-state index in [0.717, 1.165) is 41.9 Å². The van der Waals surface area contributed by atoms with E-state index in [-0.39, 0.29) is 12.4 Å². The Morgan fingerprint density at radius 2 is 2.30 bits per heavy atom. The van der Waals surface area contributed by atoms with Crippen molar-refractivity contribution in [1.29, 1.82) is 0 Å². The first-order valence-corrected chi connectivity index (χ1v) is 8.15. The third-order valence-electron chi connectivity index (χ3n) is 3.11. The van der Waals surface area contributed by atoms with Crippen molar-refractivity contribution in [2.75, 3.05) is 18.5 Å². The van der Waals surface area contributed by atoms with Gasteiger partial charge in [-0.1, -0.05) is 34.2 Å². The number of hydrogen-bond donors (Lipinski definition) is 1. The highest BCUT2D eigenvalue weighted by Crippen LogP contribution is 2.34. The Hall–Kier alpha value is -0.780. The minimum Gasteiger partial charge on any atom is -1.00 e. The highest BCUT2D eigenvalue weighted by Gasteiger charge is 2.26. The third-order valence-corrected chi connectivity index (χ3v) is 4.53. The largest absolute Gasteiger partial charge is 1.00 e. The topological polar surface area (TPSA) is 25.1 Å². The molecule has 0 aliphatic carbocycles. The predicted molar refractivity (Wildman–Crippen MR) is 81.9 cm³/mol. The van der Waals surface area contributed by atoms with Gasteiger partial charge in [0, 0.05) is 9.85 Å². The van der Waals surface area contributed by atoms with Crippen LogP contribution in [0.15, 0.2) is 28.1 Å². The Kier molecular flexibility index (Phi) is 5.29. The van der Waals surface area contributed by atoms with Crippen LogP contribution in [0.4, 0.5) is 5.13 Å². The van der Waals surface area contributed by atoms with Crippen molar-refractivity contribution < 1.29 is 21.7 Å². The molecule has 0 atom stereocenters. The molecule has 1 aliphatic rings. The number of thiazole rings is 1. The molecular weight excluding hydrogens is 360 g/mol. The van der Waals surface area contributed by atoms with E-state index in [1.807, 2.05) is 12.1 Å². The molecule has 1 aromatic heterocycles. The molecule has 0 saturated carbocycles. The summed E-state index contributed by atoms with van der Waals surface area (Å²) in [7, 11) is 0. The fraction of sp³-hybridized carbons (Fsp3) is 0.357. The van der Waals surface area contributed by atoms with Gasteiger partial charge in [-0.25, -0.2) is 4.57 Å². The molecule has 2 heterocycles. The standard InChI is InChI=1S/C14H15BrN2OS.ClH/c1-2-7-18-13-4-3-10(15)8-11(13)12-9-19-14-16-5-6-17(12)14;/h3-4,8-9H,2,5-7H2,1H3;1H. The van der Waals surface area contributed by atoms with Crippen molar-refractivity contribution in [2.24, 2.45) is 0 Å². The summed E-state index contributed by atoms with van der Waals surface area (Å²) in [4.78, 5) is 0. The van der Waals surface area contributed by atoms with Crippen molar-refractivity contribution in [1.82, 2.24) is 0 Å². The Morgan fingerprint density at radius 1 is 1.45 bits per heavy atom. The fourth-order valence-corrected chi connectivity index (χ4v) is 3.57. The molecule has 3 nitrogen and oxygen atoms in total. The zero-order valence-corrected chi connectivity index (χ0v) is 14.3. The van der Waals surface area contributed by atoms with Gasteiger partial charge < -0.3 is 17.1 Å². The second-order valence-electron chi connectivity index (χ2n) is 4.49. The first-order valence-electron chi connectivity index (χ1n) is 6.47. The lowest BCUT2D eigenvalue weighted by molar-refractivity contribution is -0.655. The molecule has 0 amide bonds. The lowest BCUT2D eigenvalue weighted by atomic mass is 10.1. The van der Waals surface area contributed by atoms with E-state index in [0.29, 0.717) is 0 Å². The summed E-state index contributed by atoms with van der Waals surface area (Å²) in [5, 5.41) is 6.83. The predicted octanol–water partition coefficient (Wildman–Crippen LogP) is 0.683. The van der Waals surface area contributed by atoms with Crippen LogP contribution in [-0.2, 0) is 6.54 Å². The molecular formula is C14H16BrClN2OS. The minimum atomic E-state index is 0. The second kappa shape index (κ2) is 6.78. The van der Waals surface area contributed by atoms with Gasteiger partial charge in [-0.05, 0) is 24.6 Å². The first-order chi connectivity index (χ1) is 9.29. The molecule has 0 unspecified atom stereocenters. The zero-order valence-electron chi connectivity index (χ0n) is 11.2. The Balaban J connectivity index is 0.00000147. The molecule has 0 fully saturated rings. The molecule has 0 saturated heterocycles. The first kappa shape index (κ1) is 15.6. The molecule has 3 rings (SSSR count). The van der Waals surface area contributed by atoms with Gasteiger partial charge in [0.1, 0.15) is 24.5 Å². The highest BCUT2D eigenvalue weighted by atomic mass is 79.9. The lowest BCUT2D eigenvalue weighted by Crippen LogP contribution is -3.00. The van der Waals surface area contributed by atoms with Gasteiger partial charge in [-0.2, -0.15) is 0 Å². The number of fused-ring (bicyclic) bond motifs is 1. The Bertz CT molecular complexity index is 603. The number of halogens is 2. The van der Waals surface area contributed by atoms with Crippen LogP contribution in [0.5, 0.6) is 5.75 Å². The van der Waals surface area contributed by atoms with Gasteiger partial charge in [0.25, 0.3) is 0 Å². The van der Waals surface area contributed by atoms with E-state index in [1.54, 1.807) is 11.3 Å². The van der Waals surface area contributed by atoms with Crippen LogP contribution in [0.3, 0.4) is 0 Å². The smallest absolute Gasteiger partial charge is 0.334 e. The molecule has 0 bridgehead atoms. The van der Waals surface area contributed by atoms with E-state index in [9.17, 15) is 0 Å². The lowest BCUT2D eigenvalue weighted by Gasteiger charge is -2.10. The summed E-state index contributed by atoms with van der Waals surface area (Å²) in [6.45, 7) is 4.91. The monoisotopic (exact) mass is 374 g/mol. The van der Waals surface area contributed by atoms with E-state index in [4.69, 9.17) is 4.74 Å². The van der Waals surface area contributed by atoms with Crippen molar-refractivity contribution in [3.8, 4) is 17.0 Å². The van der Waals surface area contributed by atoms with Crippen molar-refractivity contribution in [3.05, 3.63) is 28.1 Å². The summed E-state index contributed by atoms with van der Waals surface area (Å²) >= 11 is 5.31. The van der Waals surface area contributed by atoms with Gasteiger partial charge >= 0.3 is 5.13 Å². The molecule has 0 radical (unpaired) electrons. The van der Waals surface area contributed by atoms with E-state index < -0.39 is 0 Å². The van der Waals surface area contributed by atoms with Crippen molar-refractivity contribution in [3.63, 3.8) is 0 Å². The zero-order chi connectivity index (χ0) is 13.2. The number of rotatable bonds is 4. The van der Waals surface area contributed by atoms with E-state index in [1.165, 1.54) is 10.8 Å². The number of benzene rings is 1. The van der Waals surface area contributed by atoms with Crippen LogP contribution in [0, 0.1) is 0 Å². The quantitative estimate of drug-likeness (QED) is 0.795. The molecule has 1 aliphatic heterocycles. The van der Waals surface area contributed by atoms with Crippen LogP contribution in [0.2, 0.25) is 0 Å². The van der Waals surface area contributed by atoms with Crippen LogP contribution in [-0.4, -0.2) is 13.2 Å². The van der Waals surface area contributed by atoms with Gasteiger partial charge in [0.15, 0.2) is 0 Å². The van der Waals surface area contributed by atoms with Crippen LogP contribution < -0.4 is 27.0 Å². The normalized spacial score (nSPS) is 12.5. The molecule has 2 aromatic rings. The summed E-state index contributed by atoms with van der Waals surface area (Å²) in [6, 6.07) is 6.21. The number of nitrogens with zero attached hydrogens (tertiary/aromatic N) is 1. The van der Waals surface area contributed by atoms with Crippen molar-refractivity contribution >= 4 is 32.4 Å². The summed E-state index contributed by atoms with van der Waals surface area (Å²) in [5.41, 5.74) is 2.39. The van der Waals surface area contributed by atoms with E-state index in [2.05, 4.69) is 44.2 Å². The Morgan fingerprint density at radius 3 is 3.10 bits per heavy atom. The number of nitrogens with one attached hydrogen (secondary N) is 1. The number of anilines is 1. The number of ether oxygens (including phenoxy) is 1. The Labute approximate surface area is 137 Å². The maximum atomic E-state index is 5.87. The van der Waals surface area contributed by atoms with Crippen LogP contribution in [0.25, 0.3) is 11.3 Å². The molecule has 6 heteroatoms. The van der Waals surface area contributed by atoms with E-state index >= 15 is 0 Å². The van der Waals surface area contributed by atoms with Gasteiger partial charge in [0.2, 0.25) is 0 Å². The number of hydrogen-bond acceptors (Lipinski definition) is 3. The molecule has 1 aromatic carbocycles. The molecule has 108 valence electrons. The summed E-state index contributed by atoms with van der Waals surface area (Å²) < 4.78 is 9.28. The van der Waals surface area contributed by atoms with Gasteiger partial charge in [-0.3, -0.25) is 5.32 Å². The second-order valence-corrected chi connectivity index (χ2v) is 6.27. The number of aromatic nitrogens is 1. The minimum absolute atomic E-state index is 0. The van der Waals surface area contributed by atoms with Gasteiger partial charge in [-0.15, -0.1) is 0 Å². The molecule has 0 spiro atoms. The highest BCUT2D eigenvalue weighted by molar-refractivity contribution is 9.10. The van der Waals surface area contributed by atoms with Crippen molar-refractivity contribution in [2.45, 2.75) is 19.9 Å². The summed E-state index contributed by atoms with van der Waals surface area (Å²) in [6.07, 6.45) is 1.02. The van der Waals surface area contributed by atoms with Gasteiger partial charge in [0.05, 0.1) is 12.2 Å². The average Bonchev–Trinajstić information content (AvgIpc) is 2.99. The SMILES string of the molecule is CCCOc1ccc(Br)cc1-c1csc2[n+]1CCN2.[Cl-]. The van der Waals surface area contributed by atoms with Crippen LogP contribution in [0.1, 0.15) is 13.3 Å². The third kappa shape index (κ3) is 2.95. The molecule has 20 heavy (non-hydrogen) atoms. The maximum absolute atomic E-state index is 5.87. The summed E-state index contributed by atoms with van der Waals surface area (Å²) in [5.74, 6) is 0.963. The van der Waals surface area contributed by atoms with Crippen LogP contribution >= 0.6 is 27.3 Å². The fourth-order valence-electron chi connectivity index (χ4n) is 2.23. The average molecular weight is 376 g/mol. The molecule has 1 N–H and O–H groups in total.